The zero-order valence-corrected chi connectivity index (χ0v) is 13.4. The molecule has 0 saturated carbocycles. The molecular formula is C17H23N3S. The lowest BCUT2D eigenvalue weighted by Crippen LogP contribution is -2.48. The van der Waals surface area contributed by atoms with Gasteiger partial charge < -0.3 is 10.2 Å². The number of nitrogens with zero attached hydrogens (tertiary/aromatic N) is 2. The second-order valence-electron chi connectivity index (χ2n) is 6.46. The van der Waals surface area contributed by atoms with Crippen molar-refractivity contribution in [1.29, 1.82) is 0 Å². The molecule has 0 amide bonds. The predicted octanol–water partition coefficient (Wildman–Crippen LogP) is 3.80. The molecule has 2 saturated heterocycles. The van der Waals surface area contributed by atoms with Gasteiger partial charge in [-0.05, 0) is 55.8 Å². The standard InChI is InChI=1S/C17H23N3S/c1-2-9-20(14-10-12-7-8-13(11-14)18-12)17-15-5-3-4-6-16(15)19-21-17/h3-6,12-14,18H,2,7-11H2,1H3. The van der Waals surface area contributed by atoms with Crippen molar-refractivity contribution in [3.8, 4) is 0 Å². The van der Waals surface area contributed by atoms with Crippen LogP contribution in [0.5, 0.6) is 0 Å². The number of hydrogen-bond acceptors (Lipinski definition) is 4. The van der Waals surface area contributed by atoms with E-state index in [1.54, 1.807) is 11.5 Å². The van der Waals surface area contributed by atoms with Crippen LogP contribution < -0.4 is 10.2 Å². The molecule has 3 heterocycles. The fourth-order valence-corrected chi connectivity index (χ4v) is 5.02. The highest BCUT2D eigenvalue weighted by Gasteiger charge is 2.36. The molecule has 2 aliphatic heterocycles. The van der Waals surface area contributed by atoms with Crippen molar-refractivity contribution in [3.63, 3.8) is 0 Å². The molecule has 2 unspecified atom stereocenters. The summed E-state index contributed by atoms with van der Waals surface area (Å²) in [6, 6.07) is 10.8. The highest BCUT2D eigenvalue weighted by atomic mass is 32.1. The highest BCUT2D eigenvalue weighted by Crippen LogP contribution is 2.37. The maximum Gasteiger partial charge on any atom is 0.120 e. The molecule has 2 aliphatic rings. The van der Waals surface area contributed by atoms with Crippen molar-refractivity contribution in [1.82, 2.24) is 9.69 Å². The third kappa shape index (κ3) is 2.44. The Morgan fingerprint density at radius 2 is 2.00 bits per heavy atom. The molecule has 4 heteroatoms. The summed E-state index contributed by atoms with van der Waals surface area (Å²) < 4.78 is 4.65. The molecule has 4 rings (SSSR count). The van der Waals surface area contributed by atoms with Gasteiger partial charge in [-0.2, -0.15) is 4.37 Å². The van der Waals surface area contributed by atoms with E-state index in [0.717, 1.165) is 24.1 Å². The Morgan fingerprint density at radius 1 is 1.24 bits per heavy atom. The summed E-state index contributed by atoms with van der Waals surface area (Å²) >= 11 is 1.68. The van der Waals surface area contributed by atoms with E-state index in [0.29, 0.717) is 6.04 Å². The fourth-order valence-electron chi connectivity index (χ4n) is 4.06. The van der Waals surface area contributed by atoms with Crippen LogP contribution in [0.1, 0.15) is 39.0 Å². The van der Waals surface area contributed by atoms with Crippen LogP contribution in [0.25, 0.3) is 10.9 Å². The van der Waals surface area contributed by atoms with Gasteiger partial charge in [0.2, 0.25) is 0 Å². The van der Waals surface area contributed by atoms with Gasteiger partial charge in [0, 0.05) is 30.1 Å². The van der Waals surface area contributed by atoms with Gasteiger partial charge >= 0.3 is 0 Å². The molecule has 2 atom stereocenters. The van der Waals surface area contributed by atoms with Crippen LogP contribution in [0, 0.1) is 0 Å². The summed E-state index contributed by atoms with van der Waals surface area (Å²) in [6.07, 6.45) is 6.52. The number of anilines is 1. The molecule has 3 nitrogen and oxygen atoms in total. The molecule has 1 aromatic heterocycles. The Morgan fingerprint density at radius 3 is 2.76 bits per heavy atom. The van der Waals surface area contributed by atoms with Gasteiger partial charge in [-0.3, -0.25) is 0 Å². The molecule has 2 aromatic rings. The number of nitrogens with one attached hydrogen (secondary N) is 1. The summed E-state index contributed by atoms with van der Waals surface area (Å²) in [4.78, 5) is 2.66. The van der Waals surface area contributed by atoms with Crippen molar-refractivity contribution in [2.24, 2.45) is 0 Å². The predicted molar refractivity (Wildman–Crippen MR) is 90.2 cm³/mol. The lowest BCUT2D eigenvalue weighted by Gasteiger charge is -2.38. The summed E-state index contributed by atoms with van der Waals surface area (Å²) in [6.45, 7) is 3.43. The van der Waals surface area contributed by atoms with Crippen LogP contribution in [0.4, 0.5) is 5.00 Å². The summed E-state index contributed by atoms with van der Waals surface area (Å²) in [7, 11) is 0. The van der Waals surface area contributed by atoms with Gasteiger partial charge in [-0.1, -0.05) is 19.1 Å². The molecule has 0 spiro atoms. The first-order valence-electron chi connectivity index (χ1n) is 8.22. The number of hydrogen-bond donors (Lipinski definition) is 1. The monoisotopic (exact) mass is 301 g/mol. The quantitative estimate of drug-likeness (QED) is 0.931. The minimum atomic E-state index is 0.688. The molecular weight excluding hydrogens is 278 g/mol. The Kier molecular flexibility index (Phi) is 3.59. The van der Waals surface area contributed by atoms with Gasteiger partial charge in [0.15, 0.2) is 0 Å². The summed E-state index contributed by atoms with van der Waals surface area (Å²) in [5.74, 6) is 0. The van der Waals surface area contributed by atoms with Gasteiger partial charge in [0.25, 0.3) is 0 Å². The van der Waals surface area contributed by atoms with Crippen LogP contribution in [-0.2, 0) is 0 Å². The van der Waals surface area contributed by atoms with E-state index in [4.69, 9.17) is 0 Å². The average Bonchev–Trinajstić information content (AvgIpc) is 3.08. The van der Waals surface area contributed by atoms with E-state index >= 15 is 0 Å². The molecule has 2 bridgehead atoms. The maximum absolute atomic E-state index is 4.65. The molecule has 21 heavy (non-hydrogen) atoms. The SMILES string of the molecule is CCCN(c1snc2ccccc12)C1CC2CCC(C1)N2. The van der Waals surface area contributed by atoms with Crippen LogP contribution in [0.15, 0.2) is 24.3 Å². The van der Waals surface area contributed by atoms with E-state index in [-0.39, 0.29) is 0 Å². The average molecular weight is 301 g/mol. The van der Waals surface area contributed by atoms with E-state index < -0.39 is 0 Å². The molecule has 0 aliphatic carbocycles. The number of rotatable bonds is 4. The Bertz CT molecular complexity index is 611. The Balaban J connectivity index is 1.67. The number of fused-ring (bicyclic) bond motifs is 3. The van der Waals surface area contributed by atoms with Crippen molar-refractivity contribution >= 4 is 27.4 Å². The van der Waals surface area contributed by atoms with Crippen molar-refractivity contribution in [2.45, 2.75) is 57.2 Å². The van der Waals surface area contributed by atoms with Gasteiger partial charge in [0.05, 0.1) is 5.52 Å². The zero-order valence-electron chi connectivity index (χ0n) is 12.6. The second-order valence-corrected chi connectivity index (χ2v) is 7.21. The Labute approximate surface area is 130 Å². The number of piperidine rings is 1. The third-order valence-electron chi connectivity index (χ3n) is 4.98. The molecule has 112 valence electrons. The lowest BCUT2D eigenvalue weighted by atomic mass is 9.98. The zero-order chi connectivity index (χ0) is 14.2. The van der Waals surface area contributed by atoms with Crippen LogP contribution in [0.2, 0.25) is 0 Å². The van der Waals surface area contributed by atoms with Crippen LogP contribution >= 0.6 is 11.5 Å². The minimum Gasteiger partial charge on any atom is -0.359 e. The fraction of sp³-hybridized carbons (Fsp3) is 0.588. The van der Waals surface area contributed by atoms with Gasteiger partial charge in [-0.25, -0.2) is 0 Å². The Hall–Kier alpha value is -1.13. The van der Waals surface area contributed by atoms with E-state index in [2.05, 4.69) is 45.8 Å². The lowest BCUT2D eigenvalue weighted by molar-refractivity contribution is 0.348. The first kappa shape index (κ1) is 13.5. The summed E-state index contributed by atoms with van der Waals surface area (Å²) in [5, 5.41) is 6.48. The van der Waals surface area contributed by atoms with E-state index in [1.165, 1.54) is 42.5 Å². The minimum absolute atomic E-state index is 0.688. The number of benzene rings is 1. The maximum atomic E-state index is 4.65. The van der Waals surface area contributed by atoms with Gasteiger partial charge in [0.1, 0.15) is 5.00 Å². The first-order valence-corrected chi connectivity index (χ1v) is 8.99. The summed E-state index contributed by atoms with van der Waals surface area (Å²) in [5.41, 5.74) is 1.15. The highest BCUT2D eigenvalue weighted by molar-refractivity contribution is 7.11. The van der Waals surface area contributed by atoms with Crippen LogP contribution in [0.3, 0.4) is 0 Å². The molecule has 1 aromatic carbocycles. The van der Waals surface area contributed by atoms with E-state index in [9.17, 15) is 0 Å². The van der Waals surface area contributed by atoms with Crippen LogP contribution in [-0.4, -0.2) is 29.0 Å². The molecule has 2 fully saturated rings. The molecule has 1 N–H and O–H groups in total. The smallest absolute Gasteiger partial charge is 0.120 e. The topological polar surface area (TPSA) is 28.2 Å². The second kappa shape index (κ2) is 5.58. The van der Waals surface area contributed by atoms with Crippen molar-refractivity contribution in [2.75, 3.05) is 11.4 Å². The molecule has 0 radical (unpaired) electrons. The first-order chi connectivity index (χ1) is 10.3. The van der Waals surface area contributed by atoms with Gasteiger partial charge in [-0.15, -0.1) is 0 Å². The van der Waals surface area contributed by atoms with Crippen molar-refractivity contribution < 1.29 is 0 Å². The third-order valence-corrected chi connectivity index (χ3v) is 5.89. The van der Waals surface area contributed by atoms with E-state index in [1.807, 2.05) is 0 Å². The normalized spacial score (nSPS) is 28.1. The largest absolute Gasteiger partial charge is 0.359 e. The van der Waals surface area contributed by atoms with Crippen molar-refractivity contribution in [3.05, 3.63) is 24.3 Å². The number of aromatic nitrogens is 1.